The Balaban J connectivity index is 1.47. The molecule has 0 bridgehead atoms. The molecular formula is C24H29N9O3. The SMILES string of the molecule is Cc1cc2cc(NC(=NC3CCCCN(CC(=O)N4CCC[C@@H]4CN=[N+]=[N-])C3=O)NC#N)ccc2o1. The van der Waals surface area contributed by atoms with Crippen LogP contribution in [0.25, 0.3) is 21.4 Å². The first-order valence-corrected chi connectivity index (χ1v) is 12.1. The fourth-order valence-electron chi connectivity index (χ4n) is 4.80. The standard InChI is InChI=1S/C24H29N9O3/c1-16-11-17-12-18(7-8-21(17)36-16)29-24(27-15-25)30-20-6-2-3-9-32(23(20)35)14-22(34)33-10-4-5-19(33)13-28-31-26/h7-8,11-12,19-20H,2-6,9-10,13-14H2,1H3,(H2,27,29,30)/t19-,20?/m1/s1. The fraction of sp³-hybridized carbons (Fsp3) is 0.500. The molecule has 2 N–H and O–H groups in total. The van der Waals surface area contributed by atoms with Crippen LogP contribution in [-0.4, -0.2) is 65.8 Å². The molecule has 12 nitrogen and oxygen atoms in total. The van der Waals surface area contributed by atoms with Gasteiger partial charge in [-0.05, 0) is 68.8 Å². The molecule has 4 rings (SSSR count). The third-order valence-electron chi connectivity index (χ3n) is 6.49. The molecule has 1 aromatic heterocycles. The highest BCUT2D eigenvalue weighted by atomic mass is 16.3. The number of azide groups is 1. The molecule has 0 saturated carbocycles. The first-order valence-electron chi connectivity index (χ1n) is 12.1. The number of hydrogen-bond donors (Lipinski definition) is 2. The normalized spacial score (nSPS) is 20.6. The molecule has 0 aliphatic carbocycles. The van der Waals surface area contributed by atoms with Crippen LogP contribution in [0, 0.1) is 18.4 Å². The molecule has 36 heavy (non-hydrogen) atoms. The van der Waals surface area contributed by atoms with Crippen LogP contribution in [0.3, 0.4) is 0 Å². The van der Waals surface area contributed by atoms with Crippen molar-refractivity contribution in [1.82, 2.24) is 15.1 Å². The highest BCUT2D eigenvalue weighted by Crippen LogP contribution is 2.23. The van der Waals surface area contributed by atoms with Gasteiger partial charge in [-0.2, -0.15) is 5.26 Å². The largest absolute Gasteiger partial charge is 0.461 e. The zero-order chi connectivity index (χ0) is 25.5. The zero-order valence-corrected chi connectivity index (χ0v) is 20.2. The molecule has 2 aromatic rings. The van der Waals surface area contributed by atoms with Crippen LogP contribution in [0.5, 0.6) is 0 Å². The van der Waals surface area contributed by atoms with E-state index in [-0.39, 0.29) is 36.9 Å². The topological polar surface area (TPSA) is 163 Å². The van der Waals surface area contributed by atoms with Gasteiger partial charge in [0.1, 0.15) is 17.4 Å². The van der Waals surface area contributed by atoms with Gasteiger partial charge in [-0.15, -0.1) is 0 Å². The molecule has 2 saturated heterocycles. The van der Waals surface area contributed by atoms with E-state index in [1.807, 2.05) is 37.4 Å². The maximum absolute atomic E-state index is 13.3. The first kappa shape index (κ1) is 24.9. The molecule has 2 atom stereocenters. The van der Waals surface area contributed by atoms with Crippen molar-refractivity contribution in [2.24, 2.45) is 10.1 Å². The molecule has 188 valence electrons. The van der Waals surface area contributed by atoms with Gasteiger partial charge in [-0.25, -0.2) is 4.99 Å². The van der Waals surface area contributed by atoms with E-state index in [0.717, 1.165) is 42.4 Å². The summed E-state index contributed by atoms with van der Waals surface area (Å²) in [6.45, 7) is 3.13. The number of nitrogens with zero attached hydrogens (tertiary/aromatic N) is 7. The third kappa shape index (κ3) is 5.87. The first-order chi connectivity index (χ1) is 17.5. The Morgan fingerprint density at radius 3 is 2.94 bits per heavy atom. The van der Waals surface area contributed by atoms with E-state index in [0.29, 0.717) is 25.2 Å². The Hall–Kier alpha value is -4.23. The summed E-state index contributed by atoms with van der Waals surface area (Å²) in [5, 5.41) is 19.4. The number of carbonyl (C=O) groups excluding carboxylic acids is 2. The number of benzene rings is 1. The van der Waals surface area contributed by atoms with Crippen LogP contribution in [-0.2, 0) is 9.59 Å². The summed E-state index contributed by atoms with van der Waals surface area (Å²) in [6.07, 6.45) is 5.55. The highest BCUT2D eigenvalue weighted by Gasteiger charge is 2.33. The van der Waals surface area contributed by atoms with Gasteiger partial charge in [0.25, 0.3) is 0 Å². The lowest BCUT2D eigenvalue weighted by atomic mass is 10.1. The van der Waals surface area contributed by atoms with Crippen LogP contribution in [0.2, 0.25) is 0 Å². The van der Waals surface area contributed by atoms with Gasteiger partial charge >= 0.3 is 0 Å². The van der Waals surface area contributed by atoms with Crippen molar-refractivity contribution in [1.29, 1.82) is 5.26 Å². The van der Waals surface area contributed by atoms with Crippen molar-refractivity contribution in [3.05, 3.63) is 40.5 Å². The van der Waals surface area contributed by atoms with Crippen molar-refractivity contribution in [2.45, 2.75) is 51.1 Å². The Morgan fingerprint density at radius 1 is 1.28 bits per heavy atom. The second kappa shape index (κ2) is 11.5. The summed E-state index contributed by atoms with van der Waals surface area (Å²) in [6, 6.07) is 6.58. The number of nitrogens with one attached hydrogen (secondary N) is 2. The van der Waals surface area contributed by atoms with Gasteiger partial charge in [-0.1, -0.05) is 5.11 Å². The molecule has 2 aliphatic heterocycles. The average molecular weight is 492 g/mol. The van der Waals surface area contributed by atoms with Crippen LogP contribution >= 0.6 is 0 Å². The predicted octanol–water partition coefficient (Wildman–Crippen LogP) is 3.26. The summed E-state index contributed by atoms with van der Waals surface area (Å²) >= 11 is 0. The van der Waals surface area contributed by atoms with Crippen molar-refractivity contribution < 1.29 is 14.0 Å². The smallest absolute Gasteiger partial charge is 0.247 e. The summed E-state index contributed by atoms with van der Waals surface area (Å²) in [5.74, 6) is 0.563. The molecule has 1 unspecified atom stereocenters. The number of aryl methyl sites for hydroxylation is 1. The second-order valence-corrected chi connectivity index (χ2v) is 9.02. The number of guanidine groups is 1. The minimum atomic E-state index is -0.721. The number of likely N-dealkylation sites (tertiary alicyclic amines) is 2. The average Bonchev–Trinajstić information content (AvgIpc) is 3.44. The lowest BCUT2D eigenvalue weighted by molar-refractivity contribution is -0.141. The summed E-state index contributed by atoms with van der Waals surface area (Å²) < 4.78 is 5.60. The van der Waals surface area contributed by atoms with Crippen molar-refractivity contribution in [3.63, 3.8) is 0 Å². The van der Waals surface area contributed by atoms with E-state index in [2.05, 4.69) is 25.7 Å². The van der Waals surface area contributed by atoms with Gasteiger partial charge in [0, 0.05) is 41.7 Å². The number of aliphatic imine (C=N–C) groups is 1. The molecule has 0 radical (unpaired) electrons. The highest BCUT2D eigenvalue weighted by molar-refractivity contribution is 5.98. The quantitative estimate of drug-likeness (QED) is 0.120. The molecule has 0 spiro atoms. The monoisotopic (exact) mass is 491 g/mol. The van der Waals surface area contributed by atoms with E-state index < -0.39 is 6.04 Å². The van der Waals surface area contributed by atoms with Crippen molar-refractivity contribution in [3.8, 4) is 6.19 Å². The Bertz CT molecular complexity index is 1240. The van der Waals surface area contributed by atoms with Crippen molar-refractivity contribution in [2.75, 3.05) is 31.5 Å². The number of anilines is 1. The molecule has 2 amide bonds. The maximum atomic E-state index is 13.3. The Morgan fingerprint density at radius 2 is 2.14 bits per heavy atom. The lowest BCUT2D eigenvalue weighted by Crippen LogP contribution is -2.47. The number of rotatable bonds is 6. The number of amides is 2. The van der Waals surface area contributed by atoms with Crippen molar-refractivity contribution >= 4 is 34.4 Å². The second-order valence-electron chi connectivity index (χ2n) is 9.02. The van der Waals surface area contributed by atoms with Gasteiger partial charge in [-0.3, -0.25) is 14.9 Å². The van der Waals surface area contributed by atoms with E-state index >= 15 is 0 Å². The molecule has 2 aliphatic rings. The number of hydrogen-bond acceptors (Lipinski definition) is 6. The van der Waals surface area contributed by atoms with Gasteiger partial charge in [0.05, 0.1) is 6.54 Å². The molecule has 2 fully saturated rings. The van der Waals surface area contributed by atoms with Gasteiger partial charge in [0.15, 0.2) is 6.19 Å². The number of nitriles is 1. The summed E-state index contributed by atoms with van der Waals surface area (Å²) in [5.41, 5.74) is 10.1. The number of carbonyl (C=O) groups is 2. The van der Waals surface area contributed by atoms with Crippen LogP contribution in [0.15, 0.2) is 38.8 Å². The van der Waals surface area contributed by atoms with Crippen LogP contribution < -0.4 is 10.6 Å². The van der Waals surface area contributed by atoms with E-state index in [9.17, 15) is 14.9 Å². The third-order valence-corrected chi connectivity index (χ3v) is 6.49. The Labute approximate surface area is 208 Å². The maximum Gasteiger partial charge on any atom is 0.247 e. The molecular weight excluding hydrogens is 462 g/mol. The van der Waals surface area contributed by atoms with E-state index in [4.69, 9.17) is 9.95 Å². The van der Waals surface area contributed by atoms with Gasteiger partial charge < -0.3 is 19.5 Å². The number of fused-ring (bicyclic) bond motifs is 1. The predicted molar refractivity (Wildman–Crippen MR) is 134 cm³/mol. The molecule has 12 heteroatoms. The van der Waals surface area contributed by atoms with Crippen LogP contribution in [0.4, 0.5) is 5.69 Å². The minimum Gasteiger partial charge on any atom is -0.461 e. The van der Waals surface area contributed by atoms with Crippen LogP contribution in [0.1, 0.15) is 37.9 Å². The molecule has 1 aromatic carbocycles. The zero-order valence-electron chi connectivity index (χ0n) is 20.2. The van der Waals surface area contributed by atoms with E-state index in [1.54, 1.807) is 9.80 Å². The number of furan rings is 1. The Kier molecular flexibility index (Phi) is 7.92. The van der Waals surface area contributed by atoms with E-state index in [1.165, 1.54) is 0 Å². The summed E-state index contributed by atoms with van der Waals surface area (Å²) in [4.78, 5) is 37.0. The minimum absolute atomic E-state index is 0.0391. The fourth-order valence-corrected chi connectivity index (χ4v) is 4.80. The lowest BCUT2D eigenvalue weighted by Gasteiger charge is -2.28. The van der Waals surface area contributed by atoms with Gasteiger partial charge in [0.2, 0.25) is 17.8 Å². The molecule has 3 heterocycles. The summed E-state index contributed by atoms with van der Waals surface area (Å²) in [7, 11) is 0.